The van der Waals surface area contributed by atoms with Gasteiger partial charge in [-0.1, -0.05) is 18.2 Å². The Morgan fingerprint density at radius 1 is 1.44 bits per heavy atom. The van der Waals surface area contributed by atoms with Gasteiger partial charge in [-0.05, 0) is 30.9 Å². The molecule has 0 saturated carbocycles. The highest BCUT2D eigenvalue weighted by Gasteiger charge is 2.35. The monoisotopic (exact) mass is 262 g/mol. The van der Waals surface area contributed by atoms with Crippen molar-refractivity contribution in [2.75, 3.05) is 13.1 Å². The third-order valence-corrected chi connectivity index (χ3v) is 5.16. The van der Waals surface area contributed by atoms with Gasteiger partial charge in [0.25, 0.3) is 0 Å². The zero-order valence-electron chi connectivity index (χ0n) is 10.3. The summed E-state index contributed by atoms with van der Waals surface area (Å²) in [6, 6.07) is 8.58. The summed E-state index contributed by atoms with van der Waals surface area (Å²) in [7, 11) is 0. The number of amides is 1. The molecule has 1 aromatic carbocycles. The lowest BCUT2D eigenvalue weighted by molar-refractivity contribution is -0.131. The number of fused-ring (bicyclic) bond motifs is 1. The molecule has 3 rings (SSSR count). The molecule has 2 unspecified atom stereocenters. The molecule has 18 heavy (non-hydrogen) atoms. The van der Waals surface area contributed by atoms with Gasteiger partial charge < -0.3 is 10.6 Å². The molecule has 4 heteroatoms. The fraction of sp³-hybridized carbons (Fsp3) is 0.500. The summed E-state index contributed by atoms with van der Waals surface area (Å²) in [4.78, 5) is 15.8. The van der Waals surface area contributed by atoms with E-state index in [0.29, 0.717) is 6.54 Å². The minimum absolute atomic E-state index is 0.0644. The first-order chi connectivity index (χ1) is 8.79. The van der Waals surface area contributed by atoms with E-state index >= 15 is 0 Å². The van der Waals surface area contributed by atoms with Crippen LogP contribution in [-0.2, 0) is 11.2 Å². The molecule has 2 N–H and O–H groups in total. The van der Waals surface area contributed by atoms with Gasteiger partial charge in [0, 0.05) is 24.0 Å². The normalized spacial score (nSPS) is 26.4. The van der Waals surface area contributed by atoms with Gasteiger partial charge in [-0.2, -0.15) is 0 Å². The zero-order valence-corrected chi connectivity index (χ0v) is 11.2. The lowest BCUT2D eigenvalue weighted by atomic mass is 10.1. The van der Waals surface area contributed by atoms with Gasteiger partial charge in [-0.15, -0.1) is 11.8 Å². The van der Waals surface area contributed by atoms with Crippen LogP contribution in [0.25, 0.3) is 0 Å². The van der Waals surface area contributed by atoms with Gasteiger partial charge in [0.15, 0.2) is 0 Å². The fourth-order valence-corrected chi connectivity index (χ4v) is 4.14. The molecule has 0 aromatic heterocycles. The Hall–Kier alpha value is -1.00. The summed E-state index contributed by atoms with van der Waals surface area (Å²) in [5.74, 6) is 0.282. The molecule has 0 bridgehead atoms. The number of thioether (sulfide) groups is 1. The largest absolute Gasteiger partial charge is 0.337 e. The number of likely N-dealkylation sites (tertiary alicyclic amines) is 1. The molecule has 2 aliphatic heterocycles. The highest BCUT2D eigenvalue weighted by Crippen LogP contribution is 2.38. The van der Waals surface area contributed by atoms with Gasteiger partial charge in [0.05, 0.1) is 5.25 Å². The molecular formula is C14H18N2OS. The summed E-state index contributed by atoms with van der Waals surface area (Å²) in [6.45, 7) is 1.48. The first-order valence-electron chi connectivity index (χ1n) is 6.54. The van der Waals surface area contributed by atoms with Crippen molar-refractivity contribution in [1.82, 2.24) is 4.90 Å². The number of benzene rings is 1. The standard InChI is InChI=1S/C14H18N2OS/c15-9-11-5-3-7-16(11)14(17)13-8-10-4-1-2-6-12(10)18-13/h1-2,4,6,11,13H,3,5,7-9,15H2. The number of carbonyl (C=O) groups is 1. The van der Waals surface area contributed by atoms with Crippen molar-refractivity contribution in [3.8, 4) is 0 Å². The first kappa shape index (κ1) is 12.1. The van der Waals surface area contributed by atoms with Crippen LogP contribution in [-0.4, -0.2) is 35.2 Å². The van der Waals surface area contributed by atoms with Crippen LogP contribution >= 0.6 is 11.8 Å². The van der Waals surface area contributed by atoms with Crippen LogP contribution in [0.1, 0.15) is 18.4 Å². The van der Waals surface area contributed by atoms with Crippen molar-refractivity contribution in [1.29, 1.82) is 0 Å². The maximum atomic E-state index is 12.5. The van der Waals surface area contributed by atoms with E-state index < -0.39 is 0 Å². The highest BCUT2D eigenvalue weighted by molar-refractivity contribution is 8.01. The minimum atomic E-state index is 0.0644. The summed E-state index contributed by atoms with van der Waals surface area (Å²) >= 11 is 1.71. The predicted octanol–water partition coefficient (Wildman–Crippen LogP) is 1.65. The molecular weight excluding hydrogens is 244 g/mol. The van der Waals surface area contributed by atoms with Gasteiger partial charge in [0.2, 0.25) is 5.91 Å². The molecule has 1 saturated heterocycles. The van der Waals surface area contributed by atoms with Crippen LogP contribution in [0.4, 0.5) is 0 Å². The molecule has 1 aromatic rings. The van der Waals surface area contributed by atoms with Crippen molar-refractivity contribution in [2.45, 2.75) is 35.4 Å². The van der Waals surface area contributed by atoms with Crippen LogP contribution in [0, 0.1) is 0 Å². The Balaban J connectivity index is 1.72. The predicted molar refractivity (Wildman–Crippen MR) is 73.6 cm³/mol. The average molecular weight is 262 g/mol. The molecule has 3 nitrogen and oxygen atoms in total. The molecule has 0 radical (unpaired) electrons. The maximum Gasteiger partial charge on any atom is 0.236 e. The van der Waals surface area contributed by atoms with Crippen molar-refractivity contribution in [3.63, 3.8) is 0 Å². The third-order valence-electron chi connectivity index (χ3n) is 3.85. The van der Waals surface area contributed by atoms with Crippen molar-refractivity contribution in [3.05, 3.63) is 29.8 Å². The van der Waals surface area contributed by atoms with Crippen LogP contribution in [0.2, 0.25) is 0 Å². The Bertz CT molecular complexity index is 438. The van der Waals surface area contributed by atoms with E-state index in [1.807, 2.05) is 17.0 Å². The number of nitrogens with zero attached hydrogens (tertiary/aromatic N) is 1. The van der Waals surface area contributed by atoms with Gasteiger partial charge >= 0.3 is 0 Å². The molecule has 0 aliphatic carbocycles. The number of rotatable bonds is 2. The first-order valence-corrected chi connectivity index (χ1v) is 7.42. The third kappa shape index (κ3) is 2.04. The fourth-order valence-electron chi connectivity index (χ4n) is 2.88. The second kappa shape index (κ2) is 4.94. The Kier molecular flexibility index (Phi) is 3.31. The van der Waals surface area contributed by atoms with E-state index in [1.54, 1.807) is 11.8 Å². The van der Waals surface area contributed by atoms with Crippen LogP contribution in [0.3, 0.4) is 0 Å². The second-order valence-corrected chi connectivity index (χ2v) is 6.23. The number of nitrogens with two attached hydrogens (primary N) is 1. The summed E-state index contributed by atoms with van der Waals surface area (Å²) in [5, 5.41) is 0.0644. The topological polar surface area (TPSA) is 46.3 Å². The van der Waals surface area contributed by atoms with E-state index in [1.165, 1.54) is 10.5 Å². The van der Waals surface area contributed by atoms with Crippen LogP contribution in [0.15, 0.2) is 29.2 Å². The lowest BCUT2D eigenvalue weighted by Crippen LogP contribution is -2.44. The smallest absolute Gasteiger partial charge is 0.236 e. The minimum Gasteiger partial charge on any atom is -0.337 e. The van der Waals surface area contributed by atoms with E-state index in [2.05, 4.69) is 12.1 Å². The van der Waals surface area contributed by atoms with Crippen LogP contribution in [0.5, 0.6) is 0 Å². The van der Waals surface area contributed by atoms with E-state index in [0.717, 1.165) is 25.8 Å². The summed E-state index contributed by atoms with van der Waals surface area (Å²) < 4.78 is 0. The van der Waals surface area contributed by atoms with Gasteiger partial charge in [0.1, 0.15) is 0 Å². The molecule has 2 aliphatic rings. The van der Waals surface area contributed by atoms with E-state index in [4.69, 9.17) is 5.73 Å². The van der Waals surface area contributed by atoms with Gasteiger partial charge in [-0.3, -0.25) is 4.79 Å². The Labute approximate surface area is 112 Å². The number of hydrogen-bond acceptors (Lipinski definition) is 3. The van der Waals surface area contributed by atoms with Crippen molar-refractivity contribution in [2.24, 2.45) is 5.73 Å². The zero-order chi connectivity index (χ0) is 12.5. The van der Waals surface area contributed by atoms with E-state index in [-0.39, 0.29) is 17.2 Å². The molecule has 0 spiro atoms. The number of hydrogen-bond donors (Lipinski definition) is 1. The quantitative estimate of drug-likeness (QED) is 0.881. The molecule has 2 atom stereocenters. The van der Waals surface area contributed by atoms with Crippen molar-refractivity contribution >= 4 is 17.7 Å². The molecule has 96 valence electrons. The van der Waals surface area contributed by atoms with E-state index in [9.17, 15) is 4.79 Å². The van der Waals surface area contributed by atoms with Gasteiger partial charge in [-0.25, -0.2) is 0 Å². The summed E-state index contributed by atoms with van der Waals surface area (Å²) in [5.41, 5.74) is 7.05. The number of carbonyl (C=O) groups excluding carboxylic acids is 1. The summed E-state index contributed by atoms with van der Waals surface area (Å²) in [6.07, 6.45) is 3.03. The Morgan fingerprint density at radius 3 is 3.06 bits per heavy atom. The Morgan fingerprint density at radius 2 is 2.28 bits per heavy atom. The lowest BCUT2D eigenvalue weighted by Gasteiger charge is -2.26. The van der Waals surface area contributed by atoms with Crippen molar-refractivity contribution < 1.29 is 4.79 Å². The maximum absolute atomic E-state index is 12.5. The average Bonchev–Trinajstić information content (AvgIpc) is 3.03. The van der Waals surface area contributed by atoms with Crippen LogP contribution < -0.4 is 5.73 Å². The molecule has 1 amide bonds. The molecule has 2 heterocycles. The highest BCUT2D eigenvalue weighted by atomic mass is 32.2. The SMILES string of the molecule is NCC1CCCN1C(=O)C1Cc2ccccc2S1. The second-order valence-electron chi connectivity index (χ2n) is 4.98. The molecule has 1 fully saturated rings.